The van der Waals surface area contributed by atoms with Crippen LogP contribution >= 0.6 is 11.6 Å². The lowest BCUT2D eigenvalue weighted by atomic mass is 10.2. The molecule has 0 unspecified atom stereocenters. The molecule has 0 radical (unpaired) electrons. The molecule has 0 aliphatic carbocycles. The van der Waals surface area contributed by atoms with Gasteiger partial charge in [-0.2, -0.15) is 4.80 Å². The van der Waals surface area contributed by atoms with Crippen molar-refractivity contribution < 1.29 is 19.3 Å². The molecule has 142 valence electrons. The Morgan fingerprint density at radius 1 is 1.07 bits per heavy atom. The van der Waals surface area contributed by atoms with Crippen LogP contribution in [0.15, 0.2) is 42.5 Å². The van der Waals surface area contributed by atoms with Gasteiger partial charge in [-0.05, 0) is 47.7 Å². The number of methoxy groups -OCH3 is 2. The summed E-state index contributed by atoms with van der Waals surface area (Å²) in [7, 11) is 3.13. The van der Waals surface area contributed by atoms with Crippen molar-refractivity contribution in [3.05, 3.63) is 47.5 Å². The molecule has 0 saturated carbocycles. The molecular weight excluding hydrogens is 372 g/mol. The molecule has 3 rings (SSSR count). The van der Waals surface area contributed by atoms with Crippen molar-refractivity contribution in [2.75, 3.05) is 20.8 Å². The number of nitrogens with zero attached hydrogens (tertiary/aromatic N) is 4. The van der Waals surface area contributed by atoms with Gasteiger partial charge in [0, 0.05) is 10.6 Å². The first-order chi connectivity index (χ1) is 13.1. The van der Waals surface area contributed by atoms with Crippen LogP contribution in [-0.4, -0.2) is 52.2 Å². The maximum Gasteiger partial charge on any atom is 0.205 e. The van der Waals surface area contributed by atoms with E-state index in [0.29, 0.717) is 28.1 Å². The third kappa shape index (κ3) is 4.87. The SMILES string of the molecule is COc1ccc(-c2nnn(C[C@H](O)COc3ccc(Cl)cc3)n2)cc1OC. The van der Waals surface area contributed by atoms with Gasteiger partial charge >= 0.3 is 0 Å². The Morgan fingerprint density at radius 2 is 1.81 bits per heavy atom. The maximum absolute atomic E-state index is 10.1. The summed E-state index contributed by atoms with van der Waals surface area (Å²) in [6.07, 6.45) is -0.798. The van der Waals surface area contributed by atoms with Crippen LogP contribution in [0.4, 0.5) is 0 Å². The van der Waals surface area contributed by atoms with Gasteiger partial charge in [0.1, 0.15) is 18.5 Å². The number of tetrazole rings is 1. The van der Waals surface area contributed by atoms with Crippen molar-refractivity contribution >= 4 is 11.6 Å². The van der Waals surface area contributed by atoms with Crippen LogP contribution in [0.25, 0.3) is 11.4 Å². The Bertz CT molecular complexity index is 885. The van der Waals surface area contributed by atoms with Crippen molar-refractivity contribution in [3.63, 3.8) is 0 Å². The fraction of sp³-hybridized carbons (Fsp3) is 0.278. The first-order valence-corrected chi connectivity index (χ1v) is 8.53. The third-order valence-electron chi connectivity index (χ3n) is 3.72. The standard InChI is InChI=1S/C18H19ClN4O4/c1-25-16-8-3-12(9-17(16)26-2)18-20-22-23(21-18)10-14(24)11-27-15-6-4-13(19)5-7-15/h3-9,14,24H,10-11H2,1-2H3/t14-/m0/s1. The Hall–Kier alpha value is -2.84. The summed E-state index contributed by atoms with van der Waals surface area (Å²) in [6, 6.07) is 12.2. The first-order valence-electron chi connectivity index (χ1n) is 8.15. The normalized spacial score (nSPS) is 11.9. The molecule has 0 bridgehead atoms. The average Bonchev–Trinajstić information content (AvgIpc) is 3.15. The van der Waals surface area contributed by atoms with E-state index >= 15 is 0 Å². The molecular formula is C18H19ClN4O4. The minimum absolute atomic E-state index is 0.0921. The van der Waals surface area contributed by atoms with Crippen LogP contribution in [0.3, 0.4) is 0 Å². The van der Waals surface area contributed by atoms with E-state index in [9.17, 15) is 5.11 Å². The second-order valence-electron chi connectivity index (χ2n) is 5.66. The van der Waals surface area contributed by atoms with Crippen molar-refractivity contribution in [3.8, 4) is 28.6 Å². The van der Waals surface area contributed by atoms with Gasteiger partial charge in [-0.25, -0.2) is 0 Å². The van der Waals surface area contributed by atoms with Gasteiger partial charge in [0.25, 0.3) is 0 Å². The summed E-state index contributed by atoms with van der Waals surface area (Å²) in [5, 5.41) is 23.0. The number of hydrogen-bond acceptors (Lipinski definition) is 7. The Morgan fingerprint density at radius 3 is 2.52 bits per heavy atom. The molecule has 27 heavy (non-hydrogen) atoms. The molecule has 8 nitrogen and oxygen atoms in total. The van der Waals surface area contributed by atoms with Crippen LogP contribution in [0.1, 0.15) is 0 Å². The number of benzene rings is 2. The second kappa shape index (κ2) is 8.70. The lowest BCUT2D eigenvalue weighted by Gasteiger charge is -2.11. The molecule has 1 atom stereocenters. The molecule has 2 aromatic carbocycles. The van der Waals surface area contributed by atoms with E-state index in [1.165, 1.54) is 4.80 Å². The van der Waals surface area contributed by atoms with Crippen molar-refractivity contribution in [2.24, 2.45) is 0 Å². The minimum atomic E-state index is -0.798. The molecule has 1 aromatic heterocycles. The predicted molar refractivity (Wildman–Crippen MR) is 99.3 cm³/mol. The fourth-order valence-corrected chi connectivity index (χ4v) is 2.50. The molecule has 0 aliphatic rings. The maximum atomic E-state index is 10.1. The van der Waals surface area contributed by atoms with Crippen LogP contribution in [0, 0.1) is 0 Å². The van der Waals surface area contributed by atoms with E-state index in [1.807, 2.05) is 6.07 Å². The number of hydrogen-bond donors (Lipinski definition) is 1. The summed E-state index contributed by atoms with van der Waals surface area (Å²) in [5.41, 5.74) is 0.728. The van der Waals surface area contributed by atoms with Crippen LogP contribution < -0.4 is 14.2 Å². The molecule has 1 heterocycles. The second-order valence-corrected chi connectivity index (χ2v) is 6.09. The van der Waals surface area contributed by atoms with Crippen LogP contribution in [0.2, 0.25) is 5.02 Å². The zero-order chi connectivity index (χ0) is 19.2. The molecule has 0 fully saturated rings. The number of aliphatic hydroxyl groups excluding tert-OH is 1. The zero-order valence-corrected chi connectivity index (χ0v) is 15.6. The van der Waals surface area contributed by atoms with Crippen molar-refractivity contribution in [1.82, 2.24) is 20.2 Å². The summed E-state index contributed by atoms with van der Waals surface area (Å²) >= 11 is 5.82. The highest BCUT2D eigenvalue weighted by Crippen LogP contribution is 2.30. The van der Waals surface area contributed by atoms with E-state index in [4.69, 9.17) is 25.8 Å². The molecule has 0 aliphatic heterocycles. The van der Waals surface area contributed by atoms with Gasteiger partial charge in [-0.1, -0.05) is 11.6 Å². The molecule has 0 spiro atoms. The van der Waals surface area contributed by atoms with Crippen molar-refractivity contribution in [2.45, 2.75) is 12.6 Å². The summed E-state index contributed by atoms with van der Waals surface area (Å²) in [5.74, 6) is 2.23. The van der Waals surface area contributed by atoms with E-state index < -0.39 is 6.10 Å². The van der Waals surface area contributed by atoms with Crippen LogP contribution in [0.5, 0.6) is 17.2 Å². The number of aromatic nitrogens is 4. The molecule has 1 N–H and O–H groups in total. The fourth-order valence-electron chi connectivity index (χ4n) is 2.38. The number of rotatable bonds is 8. The smallest absolute Gasteiger partial charge is 0.205 e. The summed E-state index contributed by atoms with van der Waals surface area (Å²) in [6.45, 7) is 0.239. The Labute approximate surface area is 161 Å². The van der Waals surface area contributed by atoms with Gasteiger partial charge in [-0.15, -0.1) is 10.2 Å². The van der Waals surface area contributed by atoms with E-state index in [2.05, 4.69) is 15.4 Å². The average molecular weight is 391 g/mol. The van der Waals surface area contributed by atoms with Crippen molar-refractivity contribution in [1.29, 1.82) is 0 Å². The number of halogens is 1. The highest BCUT2D eigenvalue weighted by molar-refractivity contribution is 6.30. The Balaban J connectivity index is 1.61. The summed E-state index contributed by atoms with van der Waals surface area (Å²) < 4.78 is 16.0. The van der Waals surface area contributed by atoms with E-state index in [0.717, 1.165) is 5.56 Å². The lowest BCUT2D eigenvalue weighted by molar-refractivity contribution is 0.0850. The lowest BCUT2D eigenvalue weighted by Crippen LogP contribution is -2.24. The van der Waals surface area contributed by atoms with Gasteiger partial charge < -0.3 is 19.3 Å². The third-order valence-corrected chi connectivity index (χ3v) is 3.98. The monoisotopic (exact) mass is 390 g/mol. The topological polar surface area (TPSA) is 91.5 Å². The number of ether oxygens (including phenoxy) is 3. The Kier molecular flexibility index (Phi) is 6.10. The van der Waals surface area contributed by atoms with Crippen LogP contribution in [-0.2, 0) is 6.54 Å². The van der Waals surface area contributed by atoms with E-state index in [-0.39, 0.29) is 13.2 Å². The number of aliphatic hydroxyl groups is 1. The zero-order valence-electron chi connectivity index (χ0n) is 14.9. The molecule has 3 aromatic rings. The molecule has 0 saturated heterocycles. The summed E-state index contributed by atoms with van der Waals surface area (Å²) in [4.78, 5) is 1.32. The molecule has 0 amide bonds. The highest BCUT2D eigenvalue weighted by Gasteiger charge is 2.13. The molecule has 9 heteroatoms. The van der Waals surface area contributed by atoms with Gasteiger partial charge in [0.2, 0.25) is 5.82 Å². The highest BCUT2D eigenvalue weighted by atomic mass is 35.5. The van der Waals surface area contributed by atoms with Gasteiger partial charge in [0.05, 0.1) is 20.8 Å². The van der Waals surface area contributed by atoms with Gasteiger partial charge in [-0.3, -0.25) is 0 Å². The van der Waals surface area contributed by atoms with Gasteiger partial charge in [0.15, 0.2) is 11.5 Å². The minimum Gasteiger partial charge on any atom is -0.493 e. The van der Waals surface area contributed by atoms with E-state index in [1.54, 1.807) is 50.6 Å². The first kappa shape index (κ1) is 18.9. The largest absolute Gasteiger partial charge is 0.493 e. The quantitative estimate of drug-likeness (QED) is 0.631. The predicted octanol–water partition coefficient (Wildman–Crippen LogP) is 2.45.